The van der Waals surface area contributed by atoms with E-state index in [9.17, 15) is 0 Å². The first-order valence-corrected chi connectivity index (χ1v) is 6.89. The Balaban J connectivity index is 2.34. The average molecular weight is 300 g/mol. The minimum Gasteiger partial charge on any atom is -0.306 e. The van der Waals surface area contributed by atoms with Crippen molar-refractivity contribution in [3.63, 3.8) is 0 Å². The maximum Gasteiger partial charge on any atom is 0.0627 e. The van der Waals surface area contributed by atoms with Gasteiger partial charge < -0.3 is 5.32 Å². The number of nitrogens with zero attached hydrogens (tertiary/aromatic N) is 2. The van der Waals surface area contributed by atoms with Gasteiger partial charge in [0.05, 0.1) is 12.2 Å². The predicted molar refractivity (Wildman–Crippen MR) is 70.7 cm³/mol. The highest BCUT2D eigenvalue weighted by atomic mass is 79.9. The monoisotopic (exact) mass is 299 g/mol. The van der Waals surface area contributed by atoms with Crippen molar-refractivity contribution in [1.82, 2.24) is 15.1 Å². The largest absolute Gasteiger partial charge is 0.306 e. The molecule has 3 nitrogen and oxygen atoms in total. The molecule has 1 atom stereocenters. The van der Waals surface area contributed by atoms with Crippen LogP contribution in [-0.2, 0) is 7.05 Å². The minimum atomic E-state index is 0.222. The van der Waals surface area contributed by atoms with Crippen LogP contribution in [0, 0.1) is 0 Å². The van der Waals surface area contributed by atoms with E-state index in [0.717, 1.165) is 11.0 Å². The van der Waals surface area contributed by atoms with Crippen molar-refractivity contribution in [2.75, 3.05) is 6.54 Å². The zero-order valence-corrected chi connectivity index (χ0v) is 11.7. The normalized spacial score (nSPS) is 12.9. The van der Waals surface area contributed by atoms with E-state index >= 15 is 0 Å². The molecule has 0 spiro atoms. The minimum absolute atomic E-state index is 0.222. The summed E-state index contributed by atoms with van der Waals surface area (Å²) >= 11 is 5.29. The summed E-state index contributed by atoms with van der Waals surface area (Å²) in [5.41, 5.74) is 2.48. The number of aromatic nitrogens is 2. The fourth-order valence-electron chi connectivity index (χ4n) is 1.70. The van der Waals surface area contributed by atoms with Crippen LogP contribution < -0.4 is 5.32 Å². The van der Waals surface area contributed by atoms with Crippen molar-refractivity contribution in [3.05, 3.63) is 38.8 Å². The zero-order chi connectivity index (χ0) is 11.5. The van der Waals surface area contributed by atoms with Gasteiger partial charge in [0.1, 0.15) is 0 Å². The lowest BCUT2D eigenvalue weighted by Crippen LogP contribution is -2.21. The van der Waals surface area contributed by atoms with Gasteiger partial charge in [-0.3, -0.25) is 4.68 Å². The molecule has 0 aliphatic rings. The third-order valence-corrected chi connectivity index (χ3v) is 4.17. The molecule has 2 heterocycles. The van der Waals surface area contributed by atoms with Gasteiger partial charge in [-0.15, -0.1) is 0 Å². The smallest absolute Gasteiger partial charge is 0.0627 e. The second-order valence-electron chi connectivity index (χ2n) is 3.61. The summed E-state index contributed by atoms with van der Waals surface area (Å²) in [6, 6.07) is 0.222. The SMILES string of the molecule is CCNC(c1cnn(C)c1)c1cscc1Br. The lowest BCUT2D eigenvalue weighted by Gasteiger charge is -2.15. The molecule has 5 heteroatoms. The highest BCUT2D eigenvalue weighted by molar-refractivity contribution is 9.10. The molecule has 0 aliphatic heterocycles. The van der Waals surface area contributed by atoms with Gasteiger partial charge in [0, 0.05) is 28.7 Å². The standard InChI is InChI=1S/C11H14BrN3S/c1-3-13-11(8-4-14-15(2)5-8)9-6-16-7-10(9)12/h4-7,11,13H,3H2,1-2H3. The number of hydrogen-bond donors (Lipinski definition) is 1. The fraction of sp³-hybridized carbons (Fsp3) is 0.364. The van der Waals surface area contributed by atoms with E-state index < -0.39 is 0 Å². The van der Waals surface area contributed by atoms with Crippen LogP contribution in [0.5, 0.6) is 0 Å². The van der Waals surface area contributed by atoms with Crippen LogP contribution in [0.3, 0.4) is 0 Å². The number of thiophene rings is 1. The van der Waals surface area contributed by atoms with Crippen LogP contribution in [-0.4, -0.2) is 16.3 Å². The maximum atomic E-state index is 4.22. The first kappa shape index (κ1) is 11.8. The molecule has 0 aromatic carbocycles. The van der Waals surface area contributed by atoms with Crippen LogP contribution in [0.2, 0.25) is 0 Å². The summed E-state index contributed by atoms with van der Waals surface area (Å²) in [7, 11) is 1.94. The molecular weight excluding hydrogens is 286 g/mol. The van der Waals surface area contributed by atoms with E-state index in [4.69, 9.17) is 0 Å². The Kier molecular flexibility index (Phi) is 3.78. The van der Waals surface area contributed by atoms with E-state index in [0.29, 0.717) is 0 Å². The first-order chi connectivity index (χ1) is 7.72. The number of nitrogens with one attached hydrogen (secondary N) is 1. The van der Waals surface area contributed by atoms with Crippen molar-refractivity contribution < 1.29 is 0 Å². The summed E-state index contributed by atoms with van der Waals surface area (Å²) in [4.78, 5) is 0. The molecule has 0 saturated carbocycles. The maximum absolute atomic E-state index is 4.22. The Bertz CT molecular complexity index is 463. The number of hydrogen-bond acceptors (Lipinski definition) is 3. The lowest BCUT2D eigenvalue weighted by molar-refractivity contribution is 0.629. The molecule has 1 unspecified atom stereocenters. The molecule has 0 saturated heterocycles. The summed E-state index contributed by atoms with van der Waals surface area (Å²) in [5.74, 6) is 0. The number of rotatable bonds is 4. The Labute approximate surface area is 108 Å². The van der Waals surface area contributed by atoms with Gasteiger partial charge >= 0.3 is 0 Å². The van der Waals surface area contributed by atoms with Crippen LogP contribution in [0.1, 0.15) is 24.1 Å². The van der Waals surface area contributed by atoms with Crippen LogP contribution in [0.15, 0.2) is 27.6 Å². The highest BCUT2D eigenvalue weighted by Crippen LogP contribution is 2.31. The second-order valence-corrected chi connectivity index (χ2v) is 5.21. The van der Waals surface area contributed by atoms with Crippen molar-refractivity contribution in [2.45, 2.75) is 13.0 Å². The molecule has 2 aromatic rings. The molecule has 1 N–H and O–H groups in total. The van der Waals surface area contributed by atoms with Crippen LogP contribution in [0.25, 0.3) is 0 Å². The van der Waals surface area contributed by atoms with E-state index in [2.05, 4.69) is 50.2 Å². The molecule has 16 heavy (non-hydrogen) atoms. The Morgan fingerprint density at radius 2 is 2.38 bits per heavy atom. The Hall–Kier alpha value is -0.650. The number of aryl methyl sites for hydroxylation is 1. The van der Waals surface area contributed by atoms with Crippen molar-refractivity contribution >= 4 is 27.3 Å². The molecule has 86 valence electrons. The molecule has 0 amide bonds. The first-order valence-electron chi connectivity index (χ1n) is 5.16. The molecule has 0 fully saturated rings. The molecular formula is C11H14BrN3S. The van der Waals surface area contributed by atoms with Crippen molar-refractivity contribution in [1.29, 1.82) is 0 Å². The summed E-state index contributed by atoms with van der Waals surface area (Å²) in [5, 5.41) is 12.0. The van der Waals surface area contributed by atoms with Gasteiger partial charge in [-0.05, 0) is 33.4 Å². The van der Waals surface area contributed by atoms with Crippen molar-refractivity contribution in [3.8, 4) is 0 Å². The van der Waals surface area contributed by atoms with Gasteiger partial charge in [-0.25, -0.2) is 0 Å². The molecule has 2 aromatic heterocycles. The van der Waals surface area contributed by atoms with E-state index in [1.807, 2.05) is 17.9 Å². The van der Waals surface area contributed by atoms with Crippen LogP contribution >= 0.6 is 27.3 Å². The van der Waals surface area contributed by atoms with Gasteiger partial charge in [-0.1, -0.05) is 6.92 Å². The Morgan fingerprint density at radius 3 is 2.88 bits per heavy atom. The highest BCUT2D eigenvalue weighted by Gasteiger charge is 2.17. The van der Waals surface area contributed by atoms with E-state index in [1.54, 1.807) is 11.3 Å². The summed E-state index contributed by atoms with van der Waals surface area (Å²) in [6.45, 7) is 3.05. The van der Waals surface area contributed by atoms with Crippen molar-refractivity contribution in [2.24, 2.45) is 7.05 Å². The number of halogens is 1. The summed E-state index contributed by atoms with van der Waals surface area (Å²) in [6.07, 6.45) is 3.97. The lowest BCUT2D eigenvalue weighted by atomic mass is 10.1. The van der Waals surface area contributed by atoms with Gasteiger partial charge in [-0.2, -0.15) is 16.4 Å². The molecule has 0 radical (unpaired) electrons. The topological polar surface area (TPSA) is 29.9 Å². The van der Waals surface area contributed by atoms with E-state index in [-0.39, 0.29) is 6.04 Å². The zero-order valence-electron chi connectivity index (χ0n) is 9.27. The molecule has 0 bridgehead atoms. The van der Waals surface area contributed by atoms with Gasteiger partial charge in [0.2, 0.25) is 0 Å². The second kappa shape index (κ2) is 5.12. The van der Waals surface area contributed by atoms with Gasteiger partial charge in [0.25, 0.3) is 0 Å². The Morgan fingerprint density at radius 1 is 1.56 bits per heavy atom. The molecule has 0 aliphatic carbocycles. The molecule has 2 rings (SSSR count). The summed E-state index contributed by atoms with van der Waals surface area (Å²) < 4.78 is 2.99. The van der Waals surface area contributed by atoms with Gasteiger partial charge in [0.15, 0.2) is 0 Å². The third kappa shape index (κ3) is 2.36. The third-order valence-electron chi connectivity index (χ3n) is 2.42. The van der Waals surface area contributed by atoms with Crippen LogP contribution in [0.4, 0.5) is 0 Å². The predicted octanol–water partition coefficient (Wildman–Crippen LogP) is 2.94. The average Bonchev–Trinajstić information content (AvgIpc) is 2.84. The fourth-order valence-corrected chi connectivity index (χ4v) is 3.25. The quantitative estimate of drug-likeness (QED) is 0.941. The van der Waals surface area contributed by atoms with E-state index in [1.165, 1.54) is 11.1 Å².